The van der Waals surface area contributed by atoms with Crippen LogP contribution in [0.25, 0.3) is 0 Å². The monoisotopic (exact) mass is 527 g/mol. The lowest BCUT2D eigenvalue weighted by Crippen LogP contribution is -2.80. The van der Waals surface area contributed by atoms with Gasteiger partial charge in [0.2, 0.25) is 0 Å². The summed E-state index contributed by atoms with van der Waals surface area (Å²) in [7, 11) is 26.6. The first-order chi connectivity index (χ1) is 19.3. The quantitative estimate of drug-likeness (QED) is 0.200. The second kappa shape index (κ2) is 16.4. The standard InChI is InChI=1S/C19H50B20N2/c20-30-36(29)38(39(34(25)26)35(27)28)31(37(32(21)22)33(23)24)17-7-5-16(6-8-17)15-3-1-13(2-4-15)9-14-10-18(40)12-19(41)11-14/h10-13,15-17,30H,1-9,20-29,40-41H2. The summed E-state index contributed by atoms with van der Waals surface area (Å²) in [6.07, 6.45) is 19.0. The van der Waals surface area contributed by atoms with E-state index in [1.54, 1.807) is 0 Å². The van der Waals surface area contributed by atoms with Crippen LogP contribution in [-0.4, -0.2) is 142 Å². The Labute approximate surface area is 268 Å². The van der Waals surface area contributed by atoms with E-state index in [2.05, 4.69) is 89.5 Å². The molecule has 2 aliphatic rings. The van der Waals surface area contributed by atoms with Crippen LogP contribution >= 0.6 is 0 Å². The Hall–Kier alpha value is 0.119. The molecule has 41 heavy (non-hydrogen) atoms. The first-order valence-electron chi connectivity index (χ1n) is 18.0. The lowest BCUT2D eigenvalue weighted by Gasteiger charge is -2.48. The summed E-state index contributed by atoms with van der Waals surface area (Å²) < 4.78 is 0. The molecule has 2 nitrogen and oxygen atoms in total. The molecule has 4 N–H and O–H groups in total. The topological polar surface area (TPSA) is 52.0 Å². The average Bonchev–Trinajstić information content (AvgIpc) is 2.89. The van der Waals surface area contributed by atoms with Gasteiger partial charge in [-0.2, -0.15) is 0 Å². The molecule has 196 valence electrons. The molecule has 0 unspecified atom stereocenters. The highest BCUT2D eigenvalue weighted by Crippen LogP contribution is 2.45. The summed E-state index contributed by atoms with van der Waals surface area (Å²) in [6.45, 7) is 0.863. The SMILES string of the molecule is BBB(B)B(B(B(B)B)B(B)B)B(B(B(B)B)B(B)B)C1CCC(C2CCC(Cc3cc(N)cc(N)c3)CC2)CC1. The molecule has 0 saturated heterocycles. The first-order valence-corrected chi connectivity index (χ1v) is 18.0. The summed E-state index contributed by atoms with van der Waals surface area (Å²) in [5, 5.41) is 0. The highest BCUT2D eigenvalue weighted by Gasteiger charge is 2.50. The fourth-order valence-electron chi connectivity index (χ4n) is 10.6. The summed E-state index contributed by atoms with van der Waals surface area (Å²) in [6, 6.07) is 6.15. The molecule has 1 aromatic rings. The minimum atomic E-state index is 0.756. The molecule has 2 saturated carbocycles. The van der Waals surface area contributed by atoms with Gasteiger partial charge in [-0.15, -0.1) is 0 Å². The molecule has 0 atom stereocenters. The Morgan fingerprint density at radius 3 is 1.46 bits per heavy atom. The van der Waals surface area contributed by atoms with Gasteiger partial charge in [0.1, 0.15) is 0 Å². The van der Waals surface area contributed by atoms with Crippen molar-refractivity contribution in [2.24, 2.45) is 17.8 Å². The van der Waals surface area contributed by atoms with E-state index in [0.29, 0.717) is 0 Å². The van der Waals surface area contributed by atoms with Crippen molar-refractivity contribution >= 4 is 153 Å². The zero-order valence-electron chi connectivity index (χ0n) is 29.0. The minimum Gasteiger partial charge on any atom is -0.399 e. The molecule has 22 heteroatoms. The van der Waals surface area contributed by atoms with Crippen molar-refractivity contribution < 1.29 is 0 Å². The van der Waals surface area contributed by atoms with Crippen molar-refractivity contribution in [3.63, 3.8) is 0 Å². The fourth-order valence-corrected chi connectivity index (χ4v) is 10.6. The lowest BCUT2D eigenvalue weighted by molar-refractivity contribution is 0.167. The molecular formula is C19H50B20N2. The van der Waals surface area contributed by atoms with E-state index in [9.17, 15) is 0 Å². The van der Waals surface area contributed by atoms with E-state index in [1.807, 2.05) is 6.07 Å². The molecule has 1 aromatic carbocycles. The predicted molar refractivity (Wildman–Crippen MR) is 235 cm³/mol. The Kier molecular flexibility index (Phi) is 14.3. The van der Waals surface area contributed by atoms with Gasteiger partial charge in [0.05, 0.1) is 77.4 Å². The van der Waals surface area contributed by atoms with Gasteiger partial charge in [-0.1, -0.05) is 31.5 Å². The summed E-state index contributed by atoms with van der Waals surface area (Å²) in [5.41, 5.74) is 15.1. The van der Waals surface area contributed by atoms with E-state index in [4.69, 9.17) is 11.5 Å². The molecule has 0 heterocycles. The van der Waals surface area contributed by atoms with Crippen LogP contribution in [0.1, 0.15) is 56.9 Å². The van der Waals surface area contributed by atoms with Crippen LogP contribution < -0.4 is 11.5 Å². The Morgan fingerprint density at radius 2 is 1.05 bits per heavy atom. The van der Waals surface area contributed by atoms with Crippen molar-refractivity contribution in [2.75, 3.05) is 11.5 Å². The van der Waals surface area contributed by atoms with Gasteiger partial charge in [-0.25, -0.2) is 0 Å². The maximum absolute atomic E-state index is 6.08. The van der Waals surface area contributed by atoms with Crippen LogP contribution in [0.2, 0.25) is 5.82 Å². The average molecular weight is 523 g/mol. The van der Waals surface area contributed by atoms with E-state index in [-0.39, 0.29) is 0 Å². The van der Waals surface area contributed by atoms with Crippen LogP contribution in [0.5, 0.6) is 0 Å². The summed E-state index contributed by atoms with van der Waals surface area (Å²) in [4.78, 5) is 0. The highest BCUT2D eigenvalue weighted by molar-refractivity contribution is 8.15. The number of hydrogen-bond acceptors (Lipinski definition) is 2. The van der Waals surface area contributed by atoms with Gasteiger partial charge in [-0.3, -0.25) is 0 Å². The largest absolute Gasteiger partial charge is 0.399 e. The van der Waals surface area contributed by atoms with Gasteiger partial charge in [0, 0.05) is 76.0 Å². The summed E-state index contributed by atoms with van der Waals surface area (Å²) >= 11 is 0. The lowest BCUT2D eigenvalue weighted by atomic mass is 8.41. The molecule has 2 aliphatic carbocycles. The van der Waals surface area contributed by atoms with E-state index in [0.717, 1.165) is 98.9 Å². The van der Waals surface area contributed by atoms with E-state index in [1.165, 1.54) is 64.0 Å². The Bertz CT molecular complexity index is 888. The second-order valence-corrected chi connectivity index (χ2v) is 16.3. The van der Waals surface area contributed by atoms with Crippen LogP contribution in [0.3, 0.4) is 0 Å². The van der Waals surface area contributed by atoms with Crippen molar-refractivity contribution in [3.05, 3.63) is 23.8 Å². The molecule has 0 radical (unpaired) electrons. The van der Waals surface area contributed by atoms with Gasteiger partial charge in [0.25, 0.3) is 0 Å². The van der Waals surface area contributed by atoms with Crippen molar-refractivity contribution in [1.29, 1.82) is 0 Å². The van der Waals surface area contributed by atoms with Crippen LogP contribution in [0.15, 0.2) is 18.2 Å². The minimum absolute atomic E-state index is 0.756. The molecule has 0 aromatic heterocycles. The number of anilines is 2. The van der Waals surface area contributed by atoms with Crippen LogP contribution in [-0.2, 0) is 6.42 Å². The molecule has 0 bridgehead atoms. The zero-order valence-corrected chi connectivity index (χ0v) is 29.0. The molecular weight excluding hydrogens is 472 g/mol. The van der Waals surface area contributed by atoms with E-state index < -0.39 is 0 Å². The number of benzene rings is 1. The summed E-state index contributed by atoms with van der Waals surface area (Å²) in [5.74, 6) is 3.61. The zero-order chi connectivity index (χ0) is 30.4. The molecule has 0 aliphatic heterocycles. The fraction of sp³-hybridized carbons (Fsp3) is 0.684. The number of rotatable bonds is 13. The third-order valence-corrected chi connectivity index (χ3v) is 12.2. The predicted octanol–water partition coefficient (Wildman–Crippen LogP) is -8.51. The highest BCUT2D eigenvalue weighted by atomic mass is 14.6. The van der Waals surface area contributed by atoms with Gasteiger partial charge >= 0.3 is 0 Å². The third-order valence-electron chi connectivity index (χ3n) is 12.2. The van der Waals surface area contributed by atoms with Crippen molar-refractivity contribution in [2.45, 2.75) is 63.6 Å². The Morgan fingerprint density at radius 1 is 0.610 bits per heavy atom. The normalized spacial score (nSPS) is 22.1. The maximum atomic E-state index is 6.08. The molecule has 3 rings (SSSR count). The first kappa shape index (κ1) is 35.6. The van der Waals surface area contributed by atoms with Crippen LogP contribution in [0, 0.1) is 17.8 Å². The molecule has 2 fully saturated rings. The molecule has 0 spiro atoms. The van der Waals surface area contributed by atoms with Crippen molar-refractivity contribution in [1.82, 2.24) is 0 Å². The van der Waals surface area contributed by atoms with Gasteiger partial charge in [0.15, 0.2) is 0 Å². The maximum Gasteiger partial charge on any atom is 0.0594 e. The third kappa shape index (κ3) is 9.55. The van der Waals surface area contributed by atoms with Gasteiger partial charge < -0.3 is 11.5 Å². The smallest absolute Gasteiger partial charge is 0.0594 e. The van der Waals surface area contributed by atoms with Crippen molar-refractivity contribution in [3.8, 4) is 0 Å². The second-order valence-electron chi connectivity index (χ2n) is 16.3. The van der Waals surface area contributed by atoms with Gasteiger partial charge in [-0.05, 0) is 73.6 Å². The number of nitrogen functional groups attached to an aromatic ring is 2. The number of nitrogens with two attached hydrogens (primary N) is 2. The van der Waals surface area contributed by atoms with E-state index >= 15 is 0 Å². The van der Waals surface area contributed by atoms with Crippen LogP contribution in [0.4, 0.5) is 11.4 Å². The Balaban J connectivity index is 1.71. The number of hydrogen-bond donors (Lipinski definition) is 2. The molecule has 0 amide bonds.